The van der Waals surface area contributed by atoms with Gasteiger partial charge in [-0.05, 0) is 24.3 Å². The highest BCUT2D eigenvalue weighted by molar-refractivity contribution is 5.32. The molecule has 2 aromatic rings. The maximum atomic E-state index is 9.52. The SMILES string of the molecule is OCC(CO)(c1ccc[nH]1)c1ccc[nH]1. The van der Waals surface area contributed by atoms with Gasteiger partial charge < -0.3 is 20.2 Å². The minimum absolute atomic E-state index is 0.148. The van der Waals surface area contributed by atoms with Crippen LogP contribution in [0.25, 0.3) is 0 Å². The lowest BCUT2D eigenvalue weighted by molar-refractivity contribution is 0.138. The van der Waals surface area contributed by atoms with Gasteiger partial charge in [-0.15, -0.1) is 0 Å². The number of H-pyrrole nitrogens is 2. The molecule has 0 atom stereocenters. The molecule has 2 heterocycles. The van der Waals surface area contributed by atoms with Gasteiger partial charge in [0.15, 0.2) is 0 Å². The van der Waals surface area contributed by atoms with Gasteiger partial charge in [0.05, 0.1) is 18.6 Å². The third-order valence-corrected chi connectivity index (χ3v) is 2.77. The van der Waals surface area contributed by atoms with Crippen molar-refractivity contribution < 1.29 is 10.2 Å². The molecule has 0 radical (unpaired) electrons. The molecule has 4 heteroatoms. The largest absolute Gasteiger partial charge is 0.395 e. The number of aromatic nitrogens is 2. The van der Waals surface area contributed by atoms with Crippen LogP contribution in [0, 0.1) is 0 Å². The van der Waals surface area contributed by atoms with Gasteiger partial charge in [-0.2, -0.15) is 0 Å². The van der Waals surface area contributed by atoms with Crippen LogP contribution >= 0.6 is 0 Å². The number of hydrogen-bond donors (Lipinski definition) is 4. The van der Waals surface area contributed by atoms with Crippen LogP contribution in [-0.2, 0) is 5.41 Å². The molecule has 0 aromatic carbocycles. The molecule has 0 bridgehead atoms. The standard InChI is InChI=1S/C11H14N2O2/c14-7-11(8-15,9-3-1-5-12-9)10-4-2-6-13-10/h1-6,12-15H,7-8H2. The summed E-state index contributed by atoms with van der Waals surface area (Å²) in [4.78, 5) is 6.06. The summed E-state index contributed by atoms with van der Waals surface area (Å²) in [5.41, 5.74) is 0.831. The van der Waals surface area contributed by atoms with Crippen molar-refractivity contribution in [3.63, 3.8) is 0 Å². The van der Waals surface area contributed by atoms with Crippen LogP contribution < -0.4 is 0 Å². The molecule has 2 aromatic heterocycles. The zero-order valence-corrected chi connectivity index (χ0v) is 8.27. The highest BCUT2D eigenvalue weighted by Gasteiger charge is 2.35. The van der Waals surface area contributed by atoms with Crippen molar-refractivity contribution >= 4 is 0 Å². The molecule has 4 nitrogen and oxygen atoms in total. The van der Waals surface area contributed by atoms with Crippen LogP contribution in [0.2, 0.25) is 0 Å². The van der Waals surface area contributed by atoms with Gasteiger partial charge in [-0.3, -0.25) is 0 Å². The maximum Gasteiger partial charge on any atom is 0.0962 e. The van der Waals surface area contributed by atoms with E-state index in [2.05, 4.69) is 9.97 Å². The Bertz CT molecular complexity index is 352. The topological polar surface area (TPSA) is 72.0 Å². The zero-order valence-electron chi connectivity index (χ0n) is 8.27. The van der Waals surface area contributed by atoms with Crippen LogP contribution in [0.1, 0.15) is 11.4 Å². The Morgan fingerprint density at radius 3 is 1.67 bits per heavy atom. The number of aliphatic hydroxyl groups excluding tert-OH is 2. The highest BCUT2D eigenvalue weighted by Crippen LogP contribution is 2.29. The number of hydrogen-bond acceptors (Lipinski definition) is 2. The number of rotatable bonds is 4. The lowest BCUT2D eigenvalue weighted by atomic mass is 9.83. The molecule has 0 aliphatic rings. The first-order valence-electron chi connectivity index (χ1n) is 4.83. The molecule has 80 valence electrons. The van der Waals surface area contributed by atoms with E-state index >= 15 is 0 Å². The molecule has 4 N–H and O–H groups in total. The molecule has 0 amide bonds. The van der Waals surface area contributed by atoms with Crippen LogP contribution in [0.3, 0.4) is 0 Å². The van der Waals surface area contributed by atoms with Gasteiger partial charge in [-0.25, -0.2) is 0 Å². The molecule has 0 spiro atoms. The Morgan fingerprint density at radius 1 is 0.933 bits per heavy atom. The van der Waals surface area contributed by atoms with E-state index in [0.717, 1.165) is 11.4 Å². The fourth-order valence-electron chi connectivity index (χ4n) is 1.79. The van der Waals surface area contributed by atoms with Crippen molar-refractivity contribution in [2.45, 2.75) is 5.41 Å². The maximum absolute atomic E-state index is 9.52. The minimum atomic E-state index is -0.771. The fourth-order valence-corrected chi connectivity index (χ4v) is 1.79. The van der Waals surface area contributed by atoms with Gasteiger partial charge in [0.2, 0.25) is 0 Å². The normalized spacial score (nSPS) is 11.9. The molecule has 15 heavy (non-hydrogen) atoms. The fraction of sp³-hybridized carbons (Fsp3) is 0.273. The first kappa shape index (κ1) is 10.0. The van der Waals surface area contributed by atoms with Crippen LogP contribution in [0.4, 0.5) is 0 Å². The molecule has 0 saturated heterocycles. The smallest absolute Gasteiger partial charge is 0.0962 e. The molecular formula is C11H14N2O2. The Hall–Kier alpha value is -1.52. The summed E-state index contributed by atoms with van der Waals surface area (Å²) in [6.07, 6.45) is 3.55. The summed E-state index contributed by atoms with van der Waals surface area (Å²) in [7, 11) is 0. The number of aromatic amines is 2. The van der Waals surface area contributed by atoms with E-state index < -0.39 is 5.41 Å². The number of nitrogens with one attached hydrogen (secondary N) is 2. The Labute approximate surface area is 87.6 Å². The minimum Gasteiger partial charge on any atom is -0.395 e. The van der Waals surface area contributed by atoms with Crippen LogP contribution in [-0.4, -0.2) is 33.4 Å². The van der Waals surface area contributed by atoms with Crippen molar-refractivity contribution in [1.29, 1.82) is 0 Å². The predicted molar refractivity (Wildman–Crippen MR) is 56.5 cm³/mol. The van der Waals surface area contributed by atoms with Crippen molar-refractivity contribution in [2.24, 2.45) is 0 Å². The second-order valence-corrected chi connectivity index (χ2v) is 3.57. The van der Waals surface area contributed by atoms with E-state index in [4.69, 9.17) is 0 Å². The van der Waals surface area contributed by atoms with Crippen LogP contribution in [0.15, 0.2) is 36.7 Å². The Balaban J connectivity index is 2.50. The van der Waals surface area contributed by atoms with Gasteiger partial charge in [0.1, 0.15) is 0 Å². The molecule has 0 unspecified atom stereocenters. The Morgan fingerprint density at radius 2 is 1.40 bits per heavy atom. The van der Waals surface area contributed by atoms with E-state index in [0.29, 0.717) is 0 Å². The van der Waals surface area contributed by atoms with Crippen molar-refractivity contribution in [2.75, 3.05) is 13.2 Å². The molecule has 2 rings (SSSR count). The first-order chi connectivity index (χ1) is 7.33. The van der Waals surface area contributed by atoms with Crippen LogP contribution in [0.5, 0.6) is 0 Å². The highest BCUT2D eigenvalue weighted by atomic mass is 16.3. The number of aliphatic hydroxyl groups is 2. The summed E-state index contributed by atoms with van der Waals surface area (Å²) in [5, 5.41) is 19.0. The first-order valence-corrected chi connectivity index (χ1v) is 4.83. The summed E-state index contributed by atoms with van der Waals surface area (Å²) in [5.74, 6) is 0. The summed E-state index contributed by atoms with van der Waals surface area (Å²) in [6.45, 7) is -0.297. The average Bonchev–Trinajstić information content (AvgIpc) is 2.92. The quantitative estimate of drug-likeness (QED) is 0.592. The van der Waals surface area contributed by atoms with Gasteiger partial charge >= 0.3 is 0 Å². The molecule has 0 saturated carbocycles. The molecule has 0 aliphatic heterocycles. The zero-order chi connectivity index (χ0) is 10.7. The summed E-state index contributed by atoms with van der Waals surface area (Å²) < 4.78 is 0. The molecule has 0 fully saturated rings. The summed E-state index contributed by atoms with van der Waals surface area (Å²) in [6, 6.07) is 7.40. The van der Waals surface area contributed by atoms with E-state index in [9.17, 15) is 10.2 Å². The molecular weight excluding hydrogens is 192 g/mol. The van der Waals surface area contributed by atoms with Gasteiger partial charge in [-0.1, -0.05) is 0 Å². The van der Waals surface area contributed by atoms with Gasteiger partial charge in [0, 0.05) is 23.8 Å². The van der Waals surface area contributed by atoms with E-state index in [-0.39, 0.29) is 13.2 Å². The third kappa shape index (κ3) is 1.48. The second-order valence-electron chi connectivity index (χ2n) is 3.57. The van der Waals surface area contributed by atoms with Crippen molar-refractivity contribution in [1.82, 2.24) is 9.97 Å². The summed E-state index contributed by atoms with van der Waals surface area (Å²) >= 11 is 0. The second kappa shape index (κ2) is 3.92. The van der Waals surface area contributed by atoms with Crippen molar-refractivity contribution in [3.05, 3.63) is 48.0 Å². The Kier molecular flexibility index (Phi) is 2.62. The molecule has 0 aliphatic carbocycles. The average molecular weight is 206 g/mol. The third-order valence-electron chi connectivity index (χ3n) is 2.77. The van der Waals surface area contributed by atoms with E-state index in [1.54, 1.807) is 12.4 Å². The van der Waals surface area contributed by atoms with Crippen molar-refractivity contribution in [3.8, 4) is 0 Å². The lowest BCUT2D eigenvalue weighted by Crippen LogP contribution is -2.36. The lowest BCUT2D eigenvalue weighted by Gasteiger charge is -2.27. The monoisotopic (exact) mass is 206 g/mol. The van der Waals surface area contributed by atoms with E-state index in [1.165, 1.54) is 0 Å². The van der Waals surface area contributed by atoms with E-state index in [1.807, 2.05) is 24.3 Å². The predicted octanol–water partition coefficient (Wildman–Crippen LogP) is 0.613. The van der Waals surface area contributed by atoms with Gasteiger partial charge in [0.25, 0.3) is 0 Å².